The highest BCUT2D eigenvalue weighted by molar-refractivity contribution is 7.98. The van der Waals surface area contributed by atoms with Crippen molar-refractivity contribution >= 4 is 11.8 Å². The van der Waals surface area contributed by atoms with Crippen LogP contribution in [0.1, 0.15) is 11.5 Å². The minimum atomic E-state index is 0.261. The first-order valence-corrected chi connectivity index (χ1v) is 8.14. The van der Waals surface area contributed by atoms with Gasteiger partial charge in [-0.1, -0.05) is 18.2 Å². The molecule has 0 aliphatic carbocycles. The van der Waals surface area contributed by atoms with Gasteiger partial charge in [0.2, 0.25) is 5.89 Å². The van der Waals surface area contributed by atoms with Crippen LogP contribution in [0.5, 0.6) is 5.75 Å². The molecule has 0 aliphatic rings. The molecule has 3 aromatic rings. The van der Waals surface area contributed by atoms with Crippen LogP contribution in [-0.2, 0) is 6.61 Å². The fourth-order valence-electron chi connectivity index (χ4n) is 2.05. The van der Waals surface area contributed by atoms with E-state index in [9.17, 15) is 0 Å². The predicted octanol–water partition coefficient (Wildman–Crippen LogP) is 4.35. The molecule has 0 amide bonds. The second-order valence-corrected chi connectivity index (χ2v) is 5.66. The van der Waals surface area contributed by atoms with E-state index < -0.39 is 0 Å². The van der Waals surface area contributed by atoms with Crippen LogP contribution in [-0.4, -0.2) is 16.5 Å². The summed E-state index contributed by atoms with van der Waals surface area (Å²) in [5.74, 6) is 1.77. The Labute approximate surface area is 133 Å². The average molecular weight is 312 g/mol. The van der Waals surface area contributed by atoms with Gasteiger partial charge in [0.1, 0.15) is 5.75 Å². The van der Waals surface area contributed by atoms with Gasteiger partial charge < -0.3 is 9.15 Å². The van der Waals surface area contributed by atoms with Crippen molar-refractivity contribution in [2.75, 3.05) is 6.26 Å². The molecule has 1 aromatic heterocycles. The van der Waals surface area contributed by atoms with E-state index in [2.05, 4.69) is 10.2 Å². The standard InChI is InChI=1S/C17H16N2O2S/c1-12-5-3-4-6-15(12)17-19-18-16(21-17)11-20-13-7-9-14(22-2)10-8-13/h3-10H,11H2,1-2H3. The van der Waals surface area contributed by atoms with Crippen molar-refractivity contribution in [3.05, 3.63) is 60.0 Å². The molecule has 0 saturated carbocycles. The minimum absolute atomic E-state index is 0.261. The van der Waals surface area contributed by atoms with E-state index in [1.165, 1.54) is 4.90 Å². The first kappa shape index (κ1) is 14.7. The Kier molecular flexibility index (Phi) is 4.44. The molecule has 0 fully saturated rings. The van der Waals surface area contributed by atoms with Crippen LogP contribution in [0, 0.1) is 6.92 Å². The van der Waals surface area contributed by atoms with Crippen molar-refractivity contribution in [2.45, 2.75) is 18.4 Å². The summed E-state index contributed by atoms with van der Waals surface area (Å²) in [6, 6.07) is 15.8. The lowest BCUT2D eigenvalue weighted by Crippen LogP contribution is -1.95. The van der Waals surface area contributed by atoms with Crippen molar-refractivity contribution in [1.82, 2.24) is 10.2 Å². The molecule has 3 rings (SSSR count). The molecule has 4 nitrogen and oxygen atoms in total. The molecule has 0 unspecified atom stereocenters. The number of nitrogens with zero attached hydrogens (tertiary/aromatic N) is 2. The second kappa shape index (κ2) is 6.66. The zero-order valence-electron chi connectivity index (χ0n) is 12.4. The highest BCUT2D eigenvalue weighted by atomic mass is 32.2. The Morgan fingerprint density at radius 2 is 1.82 bits per heavy atom. The monoisotopic (exact) mass is 312 g/mol. The van der Waals surface area contributed by atoms with Gasteiger partial charge in [-0.25, -0.2) is 0 Å². The normalized spacial score (nSPS) is 10.6. The molecular weight excluding hydrogens is 296 g/mol. The van der Waals surface area contributed by atoms with E-state index in [1.54, 1.807) is 11.8 Å². The molecule has 0 saturated heterocycles. The van der Waals surface area contributed by atoms with Gasteiger partial charge in [0.15, 0.2) is 6.61 Å². The van der Waals surface area contributed by atoms with Crippen LogP contribution in [0.4, 0.5) is 0 Å². The SMILES string of the molecule is CSc1ccc(OCc2nnc(-c3ccccc3C)o2)cc1. The Balaban J connectivity index is 1.68. The summed E-state index contributed by atoms with van der Waals surface area (Å²) in [5, 5.41) is 8.12. The molecule has 0 aliphatic heterocycles. The van der Waals surface area contributed by atoms with Gasteiger partial charge in [0, 0.05) is 10.5 Å². The molecule has 0 radical (unpaired) electrons. The number of thioether (sulfide) groups is 1. The summed E-state index contributed by atoms with van der Waals surface area (Å²) in [6.07, 6.45) is 2.04. The zero-order chi connectivity index (χ0) is 15.4. The van der Waals surface area contributed by atoms with Gasteiger partial charge in [0.25, 0.3) is 5.89 Å². The van der Waals surface area contributed by atoms with E-state index in [4.69, 9.17) is 9.15 Å². The average Bonchev–Trinajstić information content (AvgIpc) is 3.02. The Morgan fingerprint density at radius 1 is 1.05 bits per heavy atom. The predicted molar refractivity (Wildman–Crippen MR) is 87.0 cm³/mol. The zero-order valence-corrected chi connectivity index (χ0v) is 13.3. The molecule has 2 aromatic carbocycles. The highest BCUT2D eigenvalue weighted by Crippen LogP contribution is 2.23. The highest BCUT2D eigenvalue weighted by Gasteiger charge is 2.10. The lowest BCUT2D eigenvalue weighted by molar-refractivity contribution is 0.264. The van der Waals surface area contributed by atoms with E-state index in [0.29, 0.717) is 11.8 Å². The lowest BCUT2D eigenvalue weighted by atomic mass is 10.1. The number of ether oxygens (including phenoxy) is 1. The minimum Gasteiger partial charge on any atom is -0.484 e. The largest absolute Gasteiger partial charge is 0.484 e. The van der Waals surface area contributed by atoms with E-state index in [1.807, 2.05) is 61.7 Å². The van der Waals surface area contributed by atoms with Crippen LogP contribution in [0.2, 0.25) is 0 Å². The lowest BCUT2D eigenvalue weighted by Gasteiger charge is -2.03. The Bertz CT molecular complexity index is 753. The molecule has 0 spiro atoms. The molecule has 112 valence electrons. The van der Waals surface area contributed by atoms with Gasteiger partial charge in [-0.15, -0.1) is 22.0 Å². The maximum atomic E-state index is 5.67. The van der Waals surface area contributed by atoms with Crippen molar-refractivity contribution < 1.29 is 9.15 Å². The van der Waals surface area contributed by atoms with E-state index >= 15 is 0 Å². The number of benzene rings is 2. The fraction of sp³-hybridized carbons (Fsp3) is 0.176. The molecule has 22 heavy (non-hydrogen) atoms. The first-order valence-electron chi connectivity index (χ1n) is 6.91. The van der Waals surface area contributed by atoms with Gasteiger partial charge in [-0.3, -0.25) is 0 Å². The van der Waals surface area contributed by atoms with Crippen LogP contribution < -0.4 is 4.74 Å². The van der Waals surface area contributed by atoms with E-state index in [-0.39, 0.29) is 6.61 Å². The molecule has 0 N–H and O–H groups in total. The second-order valence-electron chi connectivity index (χ2n) is 4.78. The molecule has 0 atom stereocenters. The third kappa shape index (κ3) is 3.31. The van der Waals surface area contributed by atoms with Gasteiger partial charge in [-0.2, -0.15) is 0 Å². The number of hydrogen-bond donors (Lipinski definition) is 0. The molecule has 1 heterocycles. The Hall–Kier alpha value is -2.27. The molecular formula is C17H16N2O2S. The summed E-state index contributed by atoms with van der Waals surface area (Å²) < 4.78 is 11.3. The summed E-state index contributed by atoms with van der Waals surface area (Å²) in [4.78, 5) is 1.20. The smallest absolute Gasteiger partial charge is 0.254 e. The van der Waals surface area contributed by atoms with Crippen molar-refractivity contribution in [1.29, 1.82) is 0 Å². The maximum absolute atomic E-state index is 5.67. The summed E-state index contributed by atoms with van der Waals surface area (Å²) >= 11 is 1.70. The molecule has 0 bridgehead atoms. The van der Waals surface area contributed by atoms with Gasteiger partial charge in [-0.05, 0) is 49.1 Å². The Morgan fingerprint density at radius 3 is 2.55 bits per heavy atom. The van der Waals surface area contributed by atoms with Gasteiger partial charge in [0.05, 0.1) is 0 Å². The van der Waals surface area contributed by atoms with Crippen molar-refractivity contribution in [2.24, 2.45) is 0 Å². The van der Waals surface area contributed by atoms with Crippen LogP contribution in [0.15, 0.2) is 57.8 Å². The first-order chi connectivity index (χ1) is 10.8. The maximum Gasteiger partial charge on any atom is 0.254 e. The number of aryl methyl sites for hydroxylation is 1. The quantitative estimate of drug-likeness (QED) is 0.656. The van der Waals surface area contributed by atoms with Crippen molar-refractivity contribution in [3.63, 3.8) is 0 Å². The van der Waals surface area contributed by atoms with Crippen LogP contribution in [0.3, 0.4) is 0 Å². The number of rotatable bonds is 5. The fourth-order valence-corrected chi connectivity index (χ4v) is 2.46. The third-order valence-electron chi connectivity index (χ3n) is 3.26. The van der Waals surface area contributed by atoms with E-state index in [0.717, 1.165) is 16.9 Å². The van der Waals surface area contributed by atoms with Crippen LogP contribution >= 0.6 is 11.8 Å². The summed E-state index contributed by atoms with van der Waals surface area (Å²) in [5.41, 5.74) is 2.05. The van der Waals surface area contributed by atoms with Crippen LogP contribution in [0.25, 0.3) is 11.5 Å². The van der Waals surface area contributed by atoms with Gasteiger partial charge >= 0.3 is 0 Å². The third-order valence-corrected chi connectivity index (χ3v) is 4.01. The topological polar surface area (TPSA) is 48.2 Å². The van der Waals surface area contributed by atoms with Crippen molar-refractivity contribution in [3.8, 4) is 17.2 Å². The number of hydrogen-bond acceptors (Lipinski definition) is 5. The number of aromatic nitrogens is 2. The molecule has 5 heteroatoms. The summed E-state index contributed by atoms with van der Waals surface area (Å²) in [7, 11) is 0. The summed E-state index contributed by atoms with van der Waals surface area (Å²) in [6.45, 7) is 2.28.